The zero-order valence-corrected chi connectivity index (χ0v) is 20.5. The van der Waals surface area contributed by atoms with Gasteiger partial charge >= 0.3 is 0 Å². The summed E-state index contributed by atoms with van der Waals surface area (Å²) in [5, 5.41) is 13.0. The van der Waals surface area contributed by atoms with E-state index in [1.165, 1.54) is 0 Å². The smallest absolute Gasteiger partial charge is 0.257 e. The molecule has 1 saturated heterocycles. The number of hydrogen-bond donors (Lipinski definition) is 1. The van der Waals surface area contributed by atoms with Gasteiger partial charge in [-0.2, -0.15) is 5.26 Å². The van der Waals surface area contributed by atoms with Crippen molar-refractivity contribution in [2.24, 2.45) is 0 Å². The molecule has 1 amide bonds. The molecule has 1 aliphatic heterocycles. The molecule has 8 heteroatoms. The van der Waals surface area contributed by atoms with Gasteiger partial charge in [0, 0.05) is 37.2 Å². The van der Waals surface area contributed by atoms with Gasteiger partial charge in [-0.25, -0.2) is 0 Å². The summed E-state index contributed by atoms with van der Waals surface area (Å²) in [7, 11) is 1.63. The van der Waals surface area contributed by atoms with Gasteiger partial charge in [-0.05, 0) is 68.1 Å². The standard InChI is InChI=1S/C28H31N5O3/c1-35-25-5-3-23(4-6-25)33-13-10-21(19-33)27(34)31-22-2-7-26(30-18-22)28(20-29)11-8-24(9-12-28)32-14-16-36-17-15-32/h2-7,10,13,18-19,24H,8-9,11-12,14-17H2,1H3,(H,31,34). The summed E-state index contributed by atoms with van der Waals surface area (Å²) >= 11 is 0. The third kappa shape index (κ3) is 4.99. The average Bonchev–Trinajstić information content (AvgIpc) is 3.45. The number of rotatable bonds is 6. The van der Waals surface area contributed by atoms with E-state index in [0.717, 1.165) is 69.1 Å². The van der Waals surface area contributed by atoms with Crippen LogP contribution in [0.3, 0.4) is 0 Å². The van der Waals surface area contributed by atoms with Crippen molar-refractivity contribution in [3.63, 3.8) is 0 Å². The number of nitrogens with zero attached hydrogens (tertiary/aromatic N) is 4. The van der Waals surface area contributed by atoms with Crippen molar-refractivity contribution in [1.29, 1.82) is 5.26 Å². The lowest BCUT2D eigenvalue weighted by molar-refractivity contribution is 0.00493. The lowest BCUT2D eigenvalue weighted by Crippen LogP contribution is -2.47. The molecule has 2 aromatic heterocycles. The third-order valence-corrected chi connectivity index (χ3v) is 7.42. The van der Waals surface area contributed by atoms with Crippen molar-refractivity contribution in [2.75, 3.05) is 38.7 Å². The van der Waals surface area contributed by atoms with E-state index in [1.807, 2.05) is 47.2 Å². The monoisotopic (exact) mass is 485 g/mol. The van der Waals surface area contributed by atoms with E-state index in [0.29, 0.717) is 17.3 Å². The van der Waals surface area contributed by atoms with Gasteiger partial charge in [-0.1, -0.05) is 0 Å². The first-order chi connectivity index (χ1) is 17.6. The number of methoxy groups -OCH3 is 1. The SMILES string of the molecule is COc1ccc(-n2ccc(C(=O)Nc3ccc(C4(C#N)CCC(N5CCOCC5)CC4)nc3)c2)cc1. The Bertz CT molecular complexity index is 1220. The molecule has 0 atom stereocenters. The van der Waals surface area contributed by atoms with Crippen molar-refractivity contribution in [3.8, 4) is 17.5 Å². The first kappa shape index (κ1) is 24.0. The van der Waals surface area contributed by atoms with Crippen LogP contribution in [0, 0.1) is 11.3 Å². The number of carbonyl (C=O) groups is 1. The highest BCUT2D eigenvalue weighted by atomic mass is 16.5. The molecular formula is C28H31N5O3. The minimum atomic E-state index is -0.569. The predicted octanol–water partition coefficient (Wildman–Crippen LogP) is 4.17. The Labute approximate surface area is 211 Å². The molecule has 5 rings (SSSR count). The number of carbonyl (C=O) groups excluding carboxylic acids is 1. The van der Waals surface area contributed by atoms with E-state index < -0.39 is 5.41 Å². The summed E-state index contributed by atoms with van der Waals surface area (Å²) in [6, 6.07) is 16.2. The van der Waals surface area contributed by atoms with Crippen molar-refractivity contribution < 1.29 is 14.3 Å². The number of ether oxygens (including phenoxy) is 2. The summed E-state index contributed by atoms with van der Waals surface area (Å²) in [5.74, 6) is 0.570. The van der Waals surface area contributed by atoms with Crippen LogP contribution in [0.2, 0.25) is 0 Å². The molecule has 1 saturated carbocycles. The topological polar surface area (TPSA) is 92.4 Å². The maximum atomic E-state index is 12.8. The number of amides is 1. The lowest BCUT2D eigenvalue weighted by atomic mass is 9.71. The molecular weight excluding hydrogens is 454 g/mol. The Hall–Kier alpha value is -3.67. The molecule has 0 unspecified atom stereocenters. The molecule has 8 nitrogen and oxygen atoms in total. The zero-order valence-electron chi connectivity index (χ0n) is 20.5. The second-order valence-corrected chi connectivity index (χ2v) is 9.47. The first-order valence-electron chi connectivity index (χ1n) is 12.4. The number of hydrogen-bond acceptors (Lipinski definition) is 6. The van der Waals surface area contributed by atoms with Crippen LogP contribution in [0.4, 0.5) is 5.69 Å². The molecule has 186 valence electrons. The van der Waals surface area contributed by atoms with Gasteiger partial charge in [0.15, 0.2) is 0 Å². The maximum Gasteiger partial charge on any atom is 0.257 e. The van der Waals surface area contributed by atoms with Crippen molar-refractivity contribution in [2.45, 2.75) is 37.1 Å². The van der Waals surface area contributed by atoms with Crippen molar-refractivity contribution in [1.82, 2.24) is 14.5 Å². The van der Waals surface area contributed by atoms with E-state index in [2.05, 4.69) is 21.3 Å². The molecule has 1 N–H and O–H groups in total. The Balaban J connectivity index is 1.21. The highest BCUT2D eigenvalue weighted by Crippen LogP contribution is 2.40. The van der Waals surface area contributed by atoms with Gasteiger partial charge in [0.05, 0.1) is 54.9 Å². The Morgan fingerprint density at radius 3 is 2.53 bits per heavy atom. The predicted molar refractivity (Wildman–Crippen MR) is 136 cm³/mol. The number of benzene rings is 1. The number of pyridine rings is 1. The van der Waals surface area contributed by atoms with Gasteiger partial charge in [0.2, 0.25) is 0 Å². The van der Waals surface area contributed by atoms with Crippen LogP contribution in [0.1, 0.15) is 41.7 Å². The number of nitrogens with one attached hydrogen (secondary N) is 1. The minimum absolute atomic E-state index is 0.210. The molecule has 36 heavy (non-hydrogen) atoms. The summed E-state index contributed by atoms with van der Waals surface area (Å²) in [6.07, 6.45) is 8.85. The molecule has 2 aliphatic rings. The summed E-state index contributed by atoms with van der Waals surface area (Å²) in [4.78, 5) is 19.9. The van der Waals surface area contributed by atoms with Crippen molar-refractivity contribution >= 4 is 11.6 Å². The van der Waals surface area contributed by atoms with Crippen LogP contribution in [-0.4, -0.2) is 59.8 Å². The van der Waals surface area contributed by atoms with Crippen LogP contribution in [-0.2, 0) is 10.2 Å². The Morgan fingerprint density at radius 2 is 1.89 bits per heavy atom. The molecule has 1 aromatic carbocycles. The quantitative estimate of drug-likeness (QED) is 0.563. The normalized spacial score (nSPS) is 22.5. The lowest BCUT2D eigenvalue weighted by Gasteiger charge is -2.41. The van der Waals surface area contributed by atoms with E-state index >= 15 is 0 Å². The molecule has 0 radical (unpaired) electrons. The average molecular weight is 486 g/mol. The zero-order chi connectivity index (χ0) is 25.0. The number of aromatic nitrogens is 2. The van der Waals surface area contributed by atoms with Crippen LogP contribution >= 0.6 is 0 Å². The summed E-state index contributed by atoms with van der Waals surface area (Å²) in [6.45, 7) is 3.53. The van der Waals surface area contributed by atoms with E-state index in [-0.39, 0.29) is 5.91 Å². The highest BCUT2D eigenvalue weighted by Gasteiger charge is 2.40. The summed E-state index contributed by atoms with van der Waals surface area (Å²) < 4.78 is 12.6. The van der Waals surface area contributed by atoms with Crippen LogP contribution in [0.25, 0.3) is 5.69 Å². The number of nitriles is 1. The maximum absolute atomic E-state index is 12.8. The third-order valence-electron chi connectivity index (χ3n) is 7.42. The van der Waals surface area contributed by atoms with Crippen LogP contribution in [0.5, 0.6) is 5.75 Å². The second kappa shape index (κ2) is 10.5. The fourth-order valence-corrected chi connectivity index (χ4v) is 5.23. The van der Waals surface area contributed by atoms with Gasteiger partial charge in [0.1, 0.15) is 5.75 Å². The van der Waals surface area contributed by atoms with Gasteiger partial charge in [0.25, 0.3) is 5.91 Å². The Morgan fingerprint density at radius 1 is 1.14 bits per heavy atom. The molecule has 0 bridgehead atoms. The van der Waals surface area contributed by atoms with E-state index in [1.54, 1.807) is 25.6 Å². The van der Waals surface area contributed by atoms with E-state index in [4.69, 9.17) is 9.47 Å². The fraction of sp³-hybridized carbons (Fsp3) is 0.393. The highest BCUT2D eigenvalue weighted by molar-refractivity contribution is 6.04. The first-order valence-corrected chi connectivity index (χ1v) is 12.4. The van der Waals surface area contributed by atoms with Gasteiger partial charge in [-0.15, -0.1) is 0 Å². The second-order valence-electron chi connectivity index (χ2n) is 9.47. The van der Waals surface area contributed by atoms with Gasteiger partial charge in [-0.3, -0.25) is 14.7 Å². The van der Waals surface area contributed by atoms with Crippen molar-refractivity contribution in [3.05, 3.63) is 72.3 Å². The number of anilines is 1. The number of morpholine rings is 1. The minimum Gasteiger partial charge on any atom is -0.497 e. The van der Waals surface area contributed by atoms with Crippen LogP contribution < -0.4 is 10.1 Å². The van der Waals surface area contributed by atoms with Gasteiger partial charge < -0.3 is 19.4 Å². The molecule has 3 aromatic rings. The molecule has 3 heterocycles. The van der Waals surface area contributed by atoms with Crippen LogP contribution in [0.15, 0.2) is 61.1 Å². The fourth-order valence-electron chi connectivity index (χ4n) is 5.23. The molecule has 0 spiro atoms. The molecule has 1 aliphatic carbocycles. The summed E-state index contributed by atoms with van der Waals surface area (Å²) in [5.41, 5.74) is 2.31. The largest absolute Gasteiger partial charge is 0.497 e. The molecule has 2 fully saturated rings. The van der Waals surface area contributed by atoms with E-state index in [9.17, 15) is 10.1 Å². The Kier molecular flexibility index (Phi) is 7.03.